The lowest BCUT2D eigenvalue weighted by atomic mass is 10.1. The van der Waals surface area contributed by atoms with Crippen LogP contribution in [0.25, 0.3) is 0 Å². The predicted octanol–water partition coefficient (Wildman–Crippen LogP) is 0.0429. The maximum Gasteiger partial charge on any atom is 0.274 e. The van der Waals surface area contributed by atoms with Gasteiger partial charge in [0.15, 0.2) is 0 Å². The molecule has 0 unspecified atom stereocenters. The molecule has 2 heterocycles. The summed E-state index contributed by atoms with van der Waals surface area (Å²) >= 11 is 0. The fraction of sp³-hybridized carbons (Fsp3) is 0.667. The number of carbonyl (C=O) groups excluding carboxylic acids is 2. The Morgan fingerprint density at radius 1 is 1.36 bits per heavy atom. The van der Waals surface area contributed by atoms with Crippen molar-refractivity contribution in [3.8, 4) is 0 Å². The summed E-state index contributed by atoms with van der Waals surface area (Å²) in [5, 5.41) is 7.01. The van der Waals surface area contributed by atoms with Gasteiger partial charge in [0.25, 0.3) is 5.91 Å². The van der Waals surface area contributed by atoms with Gasteiger partial charge in [0.05, 0.1) is 5.92 Å². The maximum atomic E-state index is 12.6. The van der Waals surface area contributed by atoms with Crippen LogP contribution >= 0.6 is 0 Å². The largest absolute Gasteiger partial charge is 0.359 e. The van der Waals surface area contributed by atoms with E-state index in [9.17, 15) is 9.59 Å². The lowest BCUT2D eigenvalue weighted by Crippen LogP contribution is -2.41. The summed E-state index contributed by atoms with van der Waals surface area (Å²) in [6.07, 6.45) is 2.81. The molecule has 2 rings (SSSR count). The average Bonchev–Trinajstić information content (AvgIpc) is 2.88. The number of nitrogens with zero attached hydrogens (tertiary/aromatic N) is 4. The molecule has 1 aromatic rings. The number of nitrogens with one attached hydrogen (secondary N) is 1. The Hall–Kier alpha value is -1.89. The Bertz CT molecular complexity index is 528. The molecule has 122 valence electrons. The molecule has 0 radical (unpaired) electrons. The van der Waals surface area contributed by atoms with Crippen molar-refractivity contribution in [3.05, 3.63) is 18.0 Å². The van der Waals surface area contributed by atoms with Crippen LogP contribution in [0.15, 0.2) is 12.3 Å². The van der Waals surface area contributed by atoms with E-state index in [0.717, 1.165) is 19.5 Å². The Labute approximate surface area is 131 Å². The molecule has 22 heavy (non-hydrogen) atoms. The standard InChI is InChI=1S/C15H25N5O2/c1-4-6-20-7-5-13(17-20)15(22)19-9-8-18(3)10-12(11-19)14(21)16-2/h5,7,12H,4,6,8-11H2,1-3H3,(H,16,21)/t12-/m1/s1. The van der Waals surface area contributed by atoms with Crippen molar-refractivity contribution in [1.82, 2.24) is 24.9 Å². The van der Waals surface area contributed by atoms with E-state index in [2.05, 4.69) is 22.2 Å². The molecule has 0 aliphatic carbocycles. The van der Waals surface area contributed by atoms with E-state index >= 15 is 0 Å². The minimum Gasteiger partial charge on any atom is -0.359 e. The molecule has 0 bridgehead atoms. The van der Waals surface area contributed by atoms with Gasteiger partial charge < -0.3 is 15.1 Å². The number of likely N-dealkylation sites (N-methyl/N-ethyl adjacent to an activating group) is 1. The van der Waals surface area contributed by atoms with Crippen molar-refractivity contribution in [3.63, 3.8) is 0 Å². The van der Waals surface area contributed by atoms with Crippen LogP contribution in [0.1, 0.15) is 23.8 Å². The third-order valence-electron chi connectivity index (χ3n) is 3.94. The maximum absolute atomic E-state index is 12.6. The summed E-state index contributed by atoms with van der Waals surface area (Å²) in [4.78, 5) is 28.4. The number of carbonyl (C=O) groups is 2. The normalized spacial score (nSPS) is 19.8. The third-order valence-corrected chi connectivity index (χ3v) is 3.94. The van der Waals surface area contributed by atoms with Crippen molar-refractivity contribution in [2.75, 3.05) is 40.3 Å². The Morgan fingerprint density at radius 3 is 2.82 bits per heavy atom. The number of aryl methyl sites for hydroxylation is 1. The average molecular weight is 307 g/mol. The minimum absolute atomic E-state index is 0.0249. The topological polar surface area (TPSA) is 70.5 Å². The predicted molar refractivity (Wildman–Crippen MR) is 83.5 cm³/mol. The van der Waals surface area contributed by atoms with Gasteiger partial charge in [-0.2, -0.15) is 5.10 Å². The first-order chi connectivity index (χ1) is 10.5. The minimum atomic E-state index is -0.209. The van der Waals surface area contributed by atoms with Gasteiger partial charge in [-0.25, -0.2) is 0 Å². The lowest BCUT2D eigenvalue weighted by molar-refractivity contribution is -0.125. The van der Waals surface area contributed by atoms with E-state index in [1.54, 1.807) is 22.7 Å². The first-order valence-corrected chi connectivity index (χ1v) is 7.78. The summed E-state index contributed by atoms with van der Waals surface area (Å²) < 4.78 is 1.79. The fourth-order valence-electron chi connectivity index (χ4n) is 2.72. The van der Waals surface area contributed by atoms with Crippen molar-refractivity contribution in [2.24, 2.45) is 5.92 Å². The first kappa shape index (κ1) is 16.5. The number of hydrogen-bond acceptors (Lipinski definition) is 4. The van der Waals surface area contributed by atoms with Crippen LogP contribution in [0.4, 0.5) is 0 Å². The SMILES string of the molecule is CCCn1ccc(C(=O)N2CCN(C)C[C@@H](C(=O)NC)C2)n1. The molecule has 7 heteroatoms. The molecular formula is C15H25N5O2. The van der Waals surface area contributed by atoms with Crippen molar-refractivity contribution >= 4 is 11.8 Å². The highest BCUT2D eigenvalue weighted by molar-refractivity contribution is 5.92. The van der Waals surface area contributed by atoms with E-state index in [1.807, 2.05) is 13.2 Å². The van der Waals surface area contributed by atoms with Crippen molar-refractivity contribution < 1.29 is 9.59 Å². The second kappa shape index (κ2) is 7.40. The Morgan fingerprint density at radius 2 is 2.14 bits per heavy atom. The zero-order chi connectivity index (χ0) is 16.1. The molecule has 1 fully saturated rings. The zero-order valence-electron chi connectivity index (χ0n) is 13.6. The smallest absolute Gasteiger partial charge is 0.274 e. The molecule has 0 saturated carbocycles. The van der Waals surface area contributed by atoms with Crippen molar-refractivity contribution in [2.45, 2.75) is 19.9 Å². The summed E-state index contributed by atoms with van der Waals surface area (Å²) in [6.45, 7) is 5.34. The van der Waals surface area contributed by atoms with Gasteiger partial charge in [-0.1, -0.05) is 6.92 Å². The van der Waals surface area contributed by atoms with Gasteiger partial charge in [-0.15, -0.1) is 0 Å². The molecule has 7 nitrogen and oxygen atoms in total. The zero-order valence-corrected chi connectivity index (χ0v) is 13.6. The van der Waals surface area contributed by atoms with Gasteiger partial charge >= 0.3 is 0 Å². The number of aromatic nitrogens is 2. The van der Waals surface area contributed by atoms with E-state index in [-0.39, 0.29) is 17.7 Å². The van der Waals surface area contributed by atoms with Crippen LogP contribution in [0.5, 0.6) is 0 Å². The number of rotatable bonds is 4. The van der Waals surface area contributed by atoms with Gasteiger partial charge in [0.1, 0.15) is 5.69 Å². The quantitative estimate of drug-likeness (QED) is 0.853. The van der Waals surface area contributed by atoms with E-state index < -0.39 is 0 Å². The van der Waals surface area contributed by atoms with Gasteiger partial charge in [-0.05, 0) is 19.5 Å². The highest BCUT2D eigenvalue weighted by Crippen LogP contribution is 2.12. The molecular weight excluding hydrogens is 282 g/mol. The monoisotopic (exact) mass is 307 g/mol. The first-order valence-electron chi connectivity index (χ1n) is 7.78. The van der Waals surface area contributed by atoms with Crippen LogP contribution in [0.3, 0.4) is 0 Å². The van der Waals surface area contributed by atoms with Gasteiger partial charge in [0.2, 0.25) is 5.91 Å². The number of hydrogen-bond donors (Lipinski definition) is 1. The molecule has 2 amide bonds. The van der Waals surface area contributed by atoms with Crippen LogP contribution in [-0.2, 0) is 11.3 Å². The summed E-state index contributed by atoms with van der Waals surface area (Å²) in [5.74, 6) is -0.332. The second-order valence-electron chi connectivity index (χ2n) is 5.79. The molecule has 1 aliphatic heterocycles. The highest BCUT2D eigenvalue weighted by Gasteiger charge is 2.29. The van der Waals surface area contributed by atoms with Crippen LogP contribution in [-0.4, -0.2) is 71.7 Å². The lowest BCUT2D eigenvalue weighted by Gasteiger charge is -2.22. The summed E-state index contributed by atoms with van der Waals surface area (Å²) in [6, 6.07) is 1.75. The van der Waals surface area contributed by atoms with E-state index in [4.69, 9.17) is 0 Å². The van der Waals surface area contributed by atoms with Crippen LogP contribution < -0.4 is 5.32 Å². The van der Waals surface area contributed by atoms with Crippen molar-refractivity contribution in [1.29, 1.82) is 0 Å². The molecule has 0 spiro atoms. The second-order valence-corrected chi connectivity index (χ2v) is 5.79. The number of amides is 2. The summed E-state index contributed by atoms with van der Waals surface area (Å²) in [5.41, 5.74) is 0.452. The summed E-state index contributed by atoms with van der Waals surface area (Å²) in [7, 11) is 3.60. The van der Waals surface area contributed by atoms with Gasteiger partial charge in [-0.3, -0.25) is 14.3 Å². The van der Waals surface area contributed by atoms with E-state index in [1.165, 1.54) is 0 Å². The van der Waals surface area contributed by atoms with E-state index in [0.29, 0.717) is 25.3 Å². The highest BCUT2D eigenvalue weighted by atomic mass is 16.2. The van der Waals surface area contributed by atoms with Crippen LogP contribution in [0.2, 0.25) is 0 Å². The molecule has 1 N–H and O–H groups in total. The van der Waals surface area contributed by atoms with Crippen LogP contribution in [0, 0.1) is 5.92 Å². The fourth-order valence-corrected chi connectivity index (χ4v) is 2.72. The molecule has 1 saturated heterocycles. The molecule has 1 aromatic heterocycles. The molecule has 1 atom stereocenters. The third kappa shape index (κ3) is 3.85. The van der Waals surface area contributed by atoms with Gasteiger partial charge in [0, 0.05) is 46.0 Å². The molecule has 0 aromatic carbocycles. The molecule has 1 aliphatic rings. The Balaban J connectivity index is 2.10. The Kier molecular flexibility index (Phi) is 5.54.